The third kappa shape index (κ3) is 3.55. The molecule has 0 bridgehead atoms. The van der Waals surface area contributed by atoms with Gasteiger partial charge in [0.15, 0.2) is 0 Å². The quantitative estimate of drug-likeness (QED) is 0.267. The average molecular weight is 447 g/mol. The van der Waals surface area contributed by atoms with E-state index in [-0.39, 0.29) is 0 Å². The number of nitrogens with zero attached hydrogens (tertiary/aromatic N) is 1. The van der Waals surface area contributed by atoms with Crippen molar-refractivity contribution in [1.82, 2.24) is 0 Å². The average Bonchev–Trinajstić information content (AvgIpc) is 3.11. The Kier molecular flexibility index (Phi) is 4.98. The summed E-state index contributed by atoms with van der Waals surface area (Å²) in [4.78, 5) is 1.94. The standard InChI is InChI=1S/C27H21F3NP/c1-18-8-14-23-24-15-13-21(31(2)20-11-9-19(10-12-20)27(28,29)30)17-26(24)32(25(23)16-18)22-6-4-3-5-7-22/h3-17H,1-2H3. The highest BCUT2D eigenvalue weighted by molar-refractivity contribution is 7.67. The van der Waals surface area contributed by atoms with E-state index in [0.717, 1.165) is 17.8 Å². The molecular formula is C27H21F3NP. The van der Waals surface area contributed by atoms with Crippen molar-refractivity contribution in [2.75, 3.05) is 11.9 Å². The third-order valence-corrected chi connectivity index (χ3v) is 8.41. The van der Waals surface area contributed by atoms with Crippen LogP contribution in [0.25, 0.3) is 26.3 Å². The van der Waals surface area contributed by atoms with Gasteiger partial charge in [0.25, 0.3) is 0 Å². The van der Waals surface area contributed by atoms with Gasteiger partial charge in [-0.25, -0.2) is 0 Å². The number of rotatable bonds is 3. The second-order valence-electron chi connectivity index (χ2n) is 8.00. The molecule has 0 aliphatic carbocycles. The van der Waals surface area contributed by atoms with Gasteiger partial charge in [-0.2, -0.15) is 13.2 Å². The van der Waals surface area contributed by atoms with E-state index >= 15 is 0 Å². The number of benzene rings is 4. The minimum Gasteiger partial charge on any atom is -0.345 e. The fourth-order valence-electron chi connectivity index (χ4n) is 4.20. The smallest absolute Gasteiger partial charge is 0.345 e. The monoisotopic (exact) mass is 447 g/mol. The van der Waals surface area contributed by atoms with Crippen LogP contribution in [0.5, 0.6) is 0 Å². The summed E-state index contributed by atoms with van der Waals surface area (Å²) in [5.74, 6) is 0. The molecule has 1 atom stereocenters. The first-order valence-corrected chi connectivity index (χ1v) is 11.7. The molecule has 5 aromatic rings. The zero-order valence-corrected chi connectivity index (χ0v) is 18.6. The van der Waals surface area contributed by atoms with Gasteiger partial charge in [0.1, 0.15) is 0 Å². The van der Waals surface area contributed by atoms with Crippen LogP contribution in [0, 0.1) is 6.92 Å². The van der Waals surface area contributed by atoms with Crippen molar-refractivity contribution in [3.05, 3.63) is 102 Å². The Labute approximate surface area is 185 Å². The molecular weight excluding hydrogens is 426 g/mol. The van der Waals surface area contributed by atoms with Crippen molar-refractivity contribution in [2.45, 2.75) is 13.1 Å². The van der Waals surface area contributed by atoms with E-state index in [9.17, 15) is 13.2 Å². The fourth-order valence-corrected chi connectivity index (χ4v) is 6.96. The Morgan fingerprint density at radius 1 is 0.688 bits per heavy atom. The van der Waals surface area contributed by atoms with E-state index < -0.39 is 19.3 Å². The summed E-state index contributed by atoms with van der Waals surface area (Å²) < 4.78 is 38.8. The van der Waals surface area contributed by atoms with Gasteiger partial charge in [0.05, 0.1) is 5.56 Å². The number of halogens is 3. The summed E-state index contributed by atoms with van der Waals surface area (Å²) in [6, 6.07) is 28.9. The highest BCUT2D eigenvalue weighted by Crippen LogP contribution is 2.56. The molecule has 160 valence electrons. The summed E-state index contributed by atoms with van der Waals surface area (Å²) >= 11 is 0. The van der Waals surface area contributed by atoms with Crippen molar-refractivity contribution in [3.8, 4) is 5.30 Å². The molecule has 0 N–H and O–H groups in total. The van der Waals surface area contributed by atoms with Crippen LogP contribution in [0.3, 0.4) is 0 Å². The van der Waals surface area contributed by atoms with Crippen molar-refractivity contribution >= 4 is 39.9 Å². The highest BCUT2D eigenvalue weighted by atomic mass is 31.1. The second-order valence-corrected chi connectivity index (χ2v) is 10.1. The van der Waals surface area contributed by atoms with Crippen LogP contribution in [0.4, 0.5) is 24.5 Å². The number of hydrogen-bond donors (Lipinski definition) is 0. The lowest BCUT2D eigenvalue weighted by molar-refractivity contribution is -0.137. The van der Waals surface area contributed by atoms with Crippen molar-refractivity contribution in [2.24, 2.45) is 0 Å². The number of fused-ring (bicyclic) bond motifs is 3. The molecule has 0 aliphatic rings. The van der Waals surface area contributed by atoms with Gasteiger partial charge in [-0.1, -0.05) is 61.6 Å². The number of aryl methyl sites for hydroxylation is 1. The van der Waals surface area contributed by atoms with Crippen LogP contribution in [0.2, 0.25) is 0 Å². The molecule has 4 aromatic carbocycles. The molecule has 0 amide bonds. The number of anilines is 2. The topological polar surface area (TPSA) is 3.24 Å². The predicted molar refractivity (Wildman–Crippen MR) is 130 cm³/mol. The van der Waals surface area contributed by atoms with E-state index in [1.165, 1.54) is 44.0 Å². The van der Waals surface area contributed by atoms with Crippen LogP contribution in [0.15, 0.2) is 91.0 Å². The Morgan fingerprint density at radius 3 is 1.94 bits per heavy atom. The maximum Gasteiger partial charge on any atom is 0.416 e. The molecule has 32 heavy (non-hydrogen) atoms. The maximum atomic E-state index is 12.9. The van der Waals surface area contributed by atoms with E-state index in [1.807, 2.05) is 24.1 Å². The SMILES string of the molecule is Cc1ccc2c3ccc(N(C)c4ccc(C(F)(F)F)cc4)cc3p(-c3ccccc3)c2c1. The van der Waals surface area contributed by atoms with Crippen molar-refractivity contribution in [3.63, 3.8) is 0 Å². The summed E-state index contributed by atoms with van der Waals surface area (Å²) in [5, 5.41) is 6.44. The Balaban J connectivity index is 1.67. The first-order valence-electron chi connectivity index (χ1n) is 10.3. The lowest BCUT2D eigenvalue weighted by Crippen LogP contribution is -2.10. The van der Waals surface area contributed by atoms with Gasteiger partial charge in [-0.3, -0.25) is 0 Å². The molecule has 1 nitrogen and oxygen atoms in total. The zero-order valence-electron chi connectivity index (χ0n) is 17.7. The molecule has 5 heteroatoms. The Bertz CT molecular complexity index is 1420. The summed E-state index contributed by atoms with van der Waals surface area (Å²) in [6.07, 6.45) is -4.33. The Morgan fingerprint density at radius 2 is 1.28 bits per heavy atom. The third-order valence-electron chi connectivity index (χ3n) is 5.89. The van der Waals surface area contributed by atoms with E-state index in [4.69, 9.17) is 0 Å². The summed E-state index contributed by atoms with van der Waals surface area (Å²) in [5.41, 5.74) is 2.27. The lowest BCUT2D eigenvalue weighted by Gasteiger charge is -2.20. The largest absolute Gasteiger partial charge is 0.416 e. The maximum absolute atomic E-state index is 12.9. The normalized spacial score (nSPS) is 12.5. The van der Waals surface area contributed by atoms with E-state index in [1.54, 1.807) is 0 Å². The van der Waals surface area contributed by atoms with Crippen LogP contribution < -0.4 is 4.90 Å². The van der Waals surface area contributed by atoms with Gasteiger partial charge in [0.2, 0.25) is 0 Å². The zero-order chi connectivity index (χ0) is 22.5. The van der Waals surface area contributed by atoms with Crippen LogP contribution in [0.1, 0.15) is 11.1 Å². The second kappa shape index (κ2) is 7.72. The van der Waals surface area contributed by atoms with Gasteiger partial charge in [-0.15, -0.1) is 0 Å². The van der Waals surface area contributed by atoms with Crippen molar-refractivity contribution in [1.29, 1.82) is 0 Å². The van der Waals surface area contributed by atoms with E-state index in [2.05, 4.69) is 61.5 Å². The molecule has 0 spiro atoms. The molecule has 0 saturated carbocycles. The molecule has 1 aromatic heterocycles. The van der Waals surface area contributed by atoms with Crippen LogP contribution >= 0.6 is 7.53 Å². The minimum atomic E-state index is -4.33. The van der Waals surface area contributed by atoms with E-state index in [0.29, 0.717) is 5.69 Å². The predicted octanol–water partition coefficient (Wildman–Crippen LogP) is 9.06. The molecule has 1 unspecified atom stereocenters. The van der Waals surface area contributed by atoms with Gasteiger partial charge >= 0.3 is 6.18 Å². The molecule has 0 fully saturated rings. The fraction of sp³-hybridized carbons (Fsp3) is 0.111. The lowest BCUT2D eigenvalue weighted by atomic mass is 10.1. The summed E-state index contributed by atoms with van der Waals surface area (Å²) in [7, 11) is 1.20. The van der Waals surface area contributed by atoms with Crippen LogP contribution in [-0.4, -0.2) is 7.05 Å². The van der Waals surface area contributed by atoms with Gasteiger partial charge in [0, 0.05) is 28.7 Å². The highest BCUT2D eigenvalue weighted by Gasteiger charge is 2.30. The molecule has 5 rings (SSSR count). The van der Waals surface area contributed by atoms with Crippen molar-refractivity contribution < 1.29 is 13.2 Å². The minimum absolute atomic E-state index is 0.637. The molecule has 0 radical (unpaired) electrons. The molecule has 0 saturated heterocycles. The Hall–Kier alpha value is -3.23. The number of alkyl halides is 3. The first kappa shape index (κ1) is 20.7. The van der Waals surface area contributed by atoms with Crippen LogP contribution in [-0.2, 0) is 6.18 Å². The molecule has 0 aliphatic heterocycles. The van der Waals surface area contributed by atoms with Gasteiger partial charge < -0.3 is 4.90 Å². The summed E-state index contributed by atoms with van der Waals surface area (Å²) in [6.45, 7) is 2.12. The first-order chi connectivity index (χ1) is 15.3. The number of hydrogen-bond acceptors (Lipinski definition) is 1. The van der Waals surface area contributed by atoms with Gasteiger partial charge in [-0.05, 0) is 65.5 Å². The molecule has 1 heterocycles.